The molecule has 1 aliphatic heterocycles. The quantitative estimate of drug-likeness (QED) is 0.887. The Morgan fingerprint density at radius 2 is 1.92 bits per heavy atom. The van der Waals surface area contributed by atoms with E-state index in [1.54, 1.807) is 7.05 Å². The average Bonchev–Trinajstić information content (AvgIpc) is 3.06. The van der Waals surface area contributed by atoms with Crippen LogP contribution in [0.3, 0.4) is 0 Å². The van der Waals surface area contributed by atoms with Crippen LogP contribution in [0.5, 0.6) is 0 Å². The van der Waals surface area contributed by atoms with E-state index in [-0.39, 0.29) is 35.7 Å². The molecule has 2 rings (SSSR count). The van der Waals surface area contributed by atoms with Gasteiger partial charge in [0.15, 0.2) is 0 Å². The predicted octanol–water partition coefficient (Wildman–Crippen LogP) is 1.97. The highest BCUT2D eigenvalue weighted by atomic mass is 32.1. The van der Waals surface area contributed by atoms with Gasteiger partial charge < -0.3 is 15.1 Å². The van der Waals surface area contributed by atoms with Gasteiger partial charge in [-0.3, -0.25) is 14.4 Å². The number of amides is 3. The highest BCUT2D eigenvalue weighted by Gasteiger charge is 2.30. The molecule has 7 heteroatoms. The molecule has 1 N–H and O–H groups in total. The molecule has 1 aromatic rings. The minimum Gasteiger partial charge on any atom is -0.350 e. The Bertz CT molecular complexity index is 614. The Balaban J connectivity index is 1.82. The van der Waals surface area contributed by atoms with E-state index in [0.29, 0.717) is 25.9 Å². The Kier molecular flexibility index (Phi) is 6.21. The minimum atomic E-state index is -0.311. The van der Waals surface area contributed by atoms with Crippen LogP contribution in [0, 0.1) is 5.92 Å². The molecule has 0 saturated carbocycles. The molecule has 25 heavy (non-hydrogen) atoms. The Labute approximate surface area is 153 Å². The summed E-state index contributed by atoms with van der Waals surface area (Å²) < 4.78 is 0. The molecule has 0 spiro atoms. The smallest absolute Gasteiger partial charge is 0.263 e. The zero-order valence-corrected chi connectivity index (χ0v) is 16.2. The van der Waals surface area contributed by atoms with E-state index in [1.807, 2.05) is 43.2 Å². The Hall–Kier alpha value is -1.89. The lowest BCUT2D eigenvalue weighted by molar-refractivity contribution is -0.139. The SMILES string of the molecule is CN(CC(=O)NC(C)(C)C)C(=O)C1CCN(C(=O)c2cccs2)CC1. The average molecular weight is 365 g/mol. The number of likely N-dealkylation sites (tertiary alicyclic amines) is 1. The van der Waals surface area contributed by atoms with Gasteiger partial charge in [0, 0.05) is 31.6 Å². The summed E-state index contributed by atoms with van der Waals surface area (Å²) in [6.45, 7) is 6.95. The molecule has 0 atom stereocenters. The second kappa shape index (κ2) is 7.99. The van der Waals surface area contributed by atoms with Gasteiger partial charge in [-0.15, -0.1) is 11.3 Å². The van der Waals surface area contributed by atoms with E-state index in [2.05, 4.69) is 5.32 Å². The van der Waals surface area contributed by atoms with Crippen LogP contribution >= 0.6 is 11.3 Å². The van der Waals surface area contributed by atoms with Crippen LogP contribution in [0.4, 0.5) is 0 Å². The number of hydrogen-bond acceptors (Lipinski definition) is 4. The first-order valence-corrected chi connectivity index (χ1v) is 9.44. The molecule has 2 heterocycles. The molecule has 1 fully saturated rings. The molecule has 0 radical (unpaired) electrons. The summed E-state index contributed by atoms with van der Waals surface area (Å²) >= 11 is 1.44. The van der Waals surface area contributed by atoms with Gasteiger partial charge in [0.2, 0.25) is 11.8 Å². The maximum absolute atomic E-state index is 12.5. The molecular weight excluding hydrogens is 338 g/mol. The summed E-state index contributed by atoms with van der Waals surface area (Å²) in [4.78, 5) is 40.9. The van der Waals surface area contributed by atoms with E-state index < -0.39 is 0 Å². The van der Waals surface area contributed by atoms with E-state index in [1.165, 1.54) is 16.2 Å². The molecule has 138 valence electrons. The third-order valence-electron chi connectivity index (χ3n) is 4.13. The van der Waals surface area contributed by atoms with Crippen molar-refractivity contribution in [2.45, 2.75) is 39.2 Å². The van der Waals surface area contributed by atoms with Crippen molar-refractivity contribution in [3.8, 4) is 0 Å². The van der Waals surface area contributed by atoms with Gasteiger partial charge in [0.05, 0.1) is 11.4 Å². The summed E-state index contributed by atoms with van der Waals surface area (Å²) in [6, 6.07) is 3.69. The van der Waals surface area contributed by atoms with Crippen molar-refractivity contribution in [3.63, 3.8) is 0 Å². The van der Waals surface area contributed by atoms with E-state index >= 15 is 0 Å². The summed E-state index contributed by atoms with van der Waals surface area (Å²) in [7, 11) is 1.66. The highest BCUT2D eigenvalue weighted by Crippen LogP contribution is 2.22. The number of hydrogen-bond donors (Lipinski definition) is 1. The second-order valence-corrected chi connectivity index (χ2v) is 8.48. The van der Waals surface area contributed by atoms with Gasteiger partial charge in [-0.25, -0.2) is 0 Å². The van der Waals surface area contributed by atoms with Crippen molar-refractivity contribution in [1.82, 2.24) is 15.1 Å². The molecule has 1 saturated heterocycles. The minimum absolute atomic E-state index is 0.0210. The third kappa shape index (κ3) is 5.56. The van der Waals surface area contributed by atoms with Crippen LogP contribution in [0.25, 0.3) is 0 Å². The topological polar surface area (TPSA) is 69.7 Å². The lowest BCUT2D eigenvalue weighted by Crippen LogP contribution is -2.48. The number of piperidine rings is 1. The van der Waals surface area contributed by atoms with Crippen LogP contribution in [-0.2, 0) is 9.59 Å². The molecule has 6 nitrogen and oxygen atoms in total. The largest absolute Gasteiger partial charge is 0.350 e. The van der Waals surface area contributed by atoms with Crippen molar-refractivity contribution in [1.29, 1.82) is 0 Å². The lowest BCUT2D eigenvalue weighted by Gasteiger charge is -2.33. The third-order valence-corrected chi connectivity index (χ3v) is 4.99. The summed E-state index contributed by atoms with van der Waals surface area (Å²) in [5, 5.41) is 4.75. The molecule has 3 amide bonds. The first-order chi connectivity index (χ1) is 11.7. The fourth-order valence-electron chi connectivity index (χ4n) is 2.95. The number of nitrogens with zero attached hydrogens (tertiary/aromatic N) is 2. The van der Waals surface area contributed by atoms with Crippen molar-refractivity contribution in [2.75, 3.05) is 26.7 Å². The standard InChI is InChI=1S/C18H27N3O3S/c1-18(2,3)19-15(22)12-20(4)16(23)13-7-9-21(10-8-13)17(24)14-6-5-11-25-14/h5-6,11,13H,7-10,12H2,1-4H3,(H,19,22). The van der Waals surface area contributed by atoms with Crippen LogP contribution in [0.15, 0.2) is 17.5 Å². The van der Waals surface area contributed by atoms with Crippen LogP contribution in [0.2, 0.25) is 0 Å². The highest BCUT2D eigenvalue weighted by molar-refractivity contribution is 7.12. The number of carbonyl (C=O) groups is 3. The monoisotopic (exact) mass is 365 g/mol. The van der Waals surface area contributed by atoms with Gasteiger partial charge in [-0.2, -0.15) is 0 Å². The molecular formula is C18H27N3O3S. The number of nitrogens with one attached hydrogen (secondary N) is 1. The van der Waals surface area contributed by atoms with Crippen LogP contribution < -0.4 is 5.32 Å². The van der Waals surface area contributed by atoms with Crippen molar-refractivity contribution >= 4 is 29.1 Å². The maximum atomic E-state index is 12.5. The number of carbonyl (C=O) groups excluding carboxylic acids is 3. The van der Waals surface area contributed by atoms with Gasteiger partial charge in [-0.05, 0) is 45.1 Å². The van der Waals surface area contributed by atoms with Crippen LogP contribution in [0.1, 0.15) is 43.3 Å². The van der Waals surface area contributed by atoms with Gasteiger partial charge in [0.1, 0.15) is 0 Å². The maximum Gasteiger partial charge on any atom is 0.263 e. The first-order valence-electron chi connectivity index (χ1n) is 8.56. The Morgan fingerprint density at radius 1 is 1.28 bits per heavy atom. The lowest BCUT2D eigenvalue weighted by atomic mass is 9.95. The second-order valence-electron chi connectivity index (χ2n) is 7.54. The zero-order chi connectivity index (χ0) is 18.6. The van der Waals surface area contributed by atoms with Gasteiger partial charge in [-0.1, -0.05) is 6.07 Å². The molecule has 0 unspecified atom stereocenters. The van der Waals surface area contributed by atoms with Crippen molar-refractivity contribution < 1.29 is 14.4 Å². The van der Waals surface area contributed by atoms with Crippen molar-refractivity contribution in [3.05, 3.63) is 22.4 Å². The van der Waals surface area contributed by atoms with E-state index in [9.17, 15) is 14.4 Å². The van der Waals surface area contributed by atoms with E-state index in [4.69, 9.17) is 0 Å². The molecule has 0 aliphatic carbocycles. The molecule has 1 aromatic heterocycles. The normalized spacial score (nSPS) is 15.8. The van der Waals surface area contributed by atoms with Crippen LogP contribution in [-0.4, -0.2) is 59.7 Å². The fraction of sp³-hybridized carbons (Fsp3) is 0.611. The molecule has 1 aliphatic rings. The number of rotatable bonds is 4. The first kappa shape index (κ1) is 19.4. The zero-order valence-electron chi connectivity index (χ0n) is 15.4. The Morgan fingerprint density at radius 3 is 2.44 bits per heavy atom. The fourth-order valence-corrected chi connectivity index (χ4v) is 3.64. The molecule has 0 bridgehead atoms. The number of likely N-dealkylation sites (N-methyl/N-ethyl adjacent to an activating group) is 1. The van der Waals surface area contributed by atoms with Gasteiger partial charge >= 0.3 is 0 Å². The summed E-state index contributed by atoms with van der Waals surface area (Å²) in [5.74, 6) is -0.264. The summed E-state index contributed by atoms with van der Waals surface area (Å²) in [5.41, 5.74) is -0.311. The van der Waals surface area contributed by atoms with Crippen molar-refractivity contribution in [2.24, 2.45) is 5.92 Å². The molecule has 0 aromatic carbocycles. The summed E-state index contributed by atoms with van der Waals surface area (Å²) in [6.07, 6.45) is 1.28. The van der Waals surface area contributed by atoms with Gasteiger partial charge in [0.25, 0.3) is 5.91 Å². The van der Waals surface area contributed by atoms with E-state index in [0.717, 1.165) is 4.88 Å². The number of thiophene rings is 1. The predicted molar refractivity (Wildman–Crippen MR) is 98.5 cm³/mol.